The third kappa shape index (κ3) is 6.19. The Hall–Kier alpha value is 0.274. The molecule has 2 heterocycles. The highest BCUT2D eigenvalue weighted by atomic mass is 28.4. The van der Waals surface area contributed by atoms with Crippen LogP contribution in [0.3, 0.4) is 0 Å². The van der Waals surface area contributed by atoms with Crippen LogP contribution in [-0.4, -0.2) is 53.8 Å². The van der Waals surface area contributed by atoms with E-state index in [2.05, 4.69) is 74.7 Å². The topological polar surface area (TPSA) is 36.9 Å². The lowest BCUT2D eigenvalue weighted by molar-refractivity contribution is -0.241. The van der Waals surface area contributed by atoms with Crippen LogP contribution in [-0.2, 0) is 18.3 Å². The van der Waals surface area contributed by atoms with Gasteiger partial charge in [-0.15, -0.1) is 0 Å². The van der Waals surface area contributed by atoms with Crippen LogP contribution in [0.4, 0.5) is 0 Å². The van der Waals surface area contributed by atoms with Crippen LogP contribution in [0.1, 0.15) is 80.6 Å². The van der Waals surface area contributed by atoms with Crippen molar-refractivity contribution in [2.45, 2.75) is 141 Å². The molecule has 0 spiro atoms. The Bertz CT molecular complexity index is 565. The van der Waals surface area contributed by atoms with Gasteiger partial charge in [-0.1, -0.05) is 41.5 Å². The number of rotatable bonds is 7. The maximum atomic E-state index is 6.96. The van der Waals surface area contributed by atoms with E-state index in [1.807, 2.05) is 0 Å². The molecule has 0 N–H and O–H groups in total. The average molecular weight is 459 g/mol. The Morgan fingerprint density at radius 3 is 2.10 bits per heavy atom. The third-order valence-electron chi connectivity index (χ3n) is 8.26. The maximum absolute atomic E-state index is 6.96. The van der Waals surface area contributed by atoms with Crippen molar-refractivity contribution >= 4 is 16.6 Å². The summed E-state index contributed by atoms with van der Waals surface area (Å²) in [5, 5.41) is 0.433. The average Bonchev–Trinajstić information content (AvgIpc) is 2.57. The SMILES string of the molecule is CC(C)(C)[Si](C)(C)OCCC[C@@]1(C)O[C@H]2CCCO[C@@H]2C[C@@H]1O[Si](C)(C)C(C)(C)C. The van der Waals surface area contributed by atoms with Crippen LogP contribution in [0.25, 0.3) is 0 Å². The normalized spacial score (nSPS) is 31.5. The van der Waals surface area contributed by atoms with Crippen molar-refractivity contribution < 1.29 is 18.3 Å². The summed E-state index contributed by atoms with van der Waals surface area (Å²) in [5.41, 5.74) is -0.270. The number of hydrogen-bond donors (Lipinski definition) is 0. The van der Waals surface area contributed by atoms with Gasteiger partial charge in [-0.05, 0) is 68.9 Å². The van der Waals surface area contributed by atoms with Crippen LogP contribution in [0, 0.1) is 0 Å². The molecule has 30 heavy (non-hydrogen) atoms. The molecule has 4 atom stereocenters. The predicted molar refractivity (Wildman–Crippen MR) is 131 cm³/mol. The van der Waals surface area contributed by atoms with Crippen molar-refractivity contribution in [2.75, 3.05) is 13.2 Å². The molecule has 2 aliphatic rings. The standard InChI is InChI=1S/C24H50O4Si2/c1-22(2,3)29(8,9)26-17-13-15-24(7)21(28-30(10,11)23(4,5)6)18-20-19(27-24)14-12-16-25-20/h19-21H,12-18H2,1-11H3/t19-,20+,21-,24+/m0/s1. The van der Waals surface area contributed by atoms with E-state index in [-0.39, 0.29) is 34.0 Å². The van der Waals surface area contributed by atoms with Crippen molar-refractivity contribution in [3.05, 3.63) is 0 Å². The van der Waals surface area contributed by atoms with Crippen molar-refractivity contribution in [2.24, 2.45) is 0 Å². The van der Waals surface area contributed by atoms with E-state index >= 15 is 0 Å². The van der Waals surface area contributed by atoms with E-state index in [0.29, 0.717) is 0 Å². The molecule has 2 rings (SSSR count). The first-order valence-corrected chi connectivity index (χ1v) is 17.9. The Morgan fingerprint density at radius 1 is 0.933 bits per heavy atom. The number of hydrogen-bond acceptors (Lipinski definition) is 4. The van der Waals surface area contributed by atoms with Crippen LogP contribution in [0.2, 0.25) is 36.3 Å². The summed E-state index contributed by atoms with van der Waals surface area (Å²) < 4.78 is 26.3. The summed E-state index contributed by atoms with van der Waals surface area (Å²) in [6.45, 7) is 27.2. The lowest BCUT2D eigenvalue weighted by atomic mass is 9.83. The molecule has 0 unspecified atom stereocenters. The van der Waals surface area contributed by atoms with Crippen LogP contribution >= 0.6 is 0 Å². The summed E-state index contributed by atoms with van der Waals surface area (Å²) in [4.78, 5) is 0. The fourth-order valence-electron chi connectivity index (χ4n) is 3.94. The van der Waals surface area contributed by atoms with Gasteiger partial charge in [0.1, 0.15) is 0 Å². The molecule has 2 fully saturated rings. The van der Waals surface area contributed by atoms with E-state index in [4.69, 9.17) is 18.3 Å². The fourth-order valence-corrected chi connectivity index (χ4v) is 6.44. The van der Waals surface area contributed by atoms with Crippen LogP contribution < -0.4 is 0 Å². The minimum absolute atomic E-state index is 0.0885. The minimum atomic E-state index is -1.90. The Labute approximate surface area is 189 Å². The molecule has 6 heteroatoms. The second kappa shape index (κ2) is 9.26. The van der Waals surface area contributed by atoms with Gasteiger partial charge in [-0.2, -0.15) is 0 Å². The molecule has 0 radical (unpaired) electrons. The summed E-state index contributed by atoms with van der Waals surface area (Å²) in [5.74, 6) is 0. The summed E-state index contributed by atoms with van der Waals surface area (Å²) in [7, 11) is -3.61. The van der Waals surface area contributed by atoms with E-state index in [1.165, 1.54) is 0 Å². The fraction of sp³-hybridized carbons (Fsp3) is 1.00. The molecule has 0 amide bonds. The van der Waals surface area contributed by atoms with Gasteiger partial charge in [0, 0.05) is 19.6 Å². The Kier molecular flexibility index (Phi) is 8.19. The number of ether oxygens (including phenoxy) is 2. The van der Waals surface area contributed by atoms with Gasteiger partial charge in [0.15, 0.2) is 16.6 Å². The summed E-state index contributed by atoms with van der Waals surface area (Å²) in [6, 6.07) is 0. The highest BCUT2D eigenvalue weighted by Crippen LogP contribution is 2.44. The van der Waals surface area contributed by atoms with Gasteiger partial charge in [0.2, 0.25) is 0 Å². The molecule has 0 aromatic carbocycles. The number of fused-ring (bicyclic) bond motifs is 1. The van der Waals surface area contributed by atoms with Crippen molar-refractivity contribution in [1.82, 2.24) is 0 Å². The zero-order valence-electron chi connectivity index (χ0n) is 21.8. The molecule has 0 saturated carbocycles. The molecule has 0 aromatic heterocycles. The van der Waals surface area contributed by atoms with Crippen LogP contribution in [0.15, 0.2) is 0 Å². The molecule has 0 bridgehead atoms. The van der Waals surface area contributed by atoms with E-state index in [1.54, 1.807) is 0 Å². The molecule has 0 aliphatic carbocycles. The molecular formula is C24H50O4Si2. The minimum Gasteiger partial charge on any atom is -0.417 e. The van der Waals surface area contributed by atoms with Crippen molar-refractivity contribution in [3.8, 4) is 0 Å². The quantitative estimate of drug-likeness (QED) is 0.307. The van der Waals surface area contributed by atoms with Gasteiger partial charge in [-0.3, -0.25) is 0 Å². The van der Waals surface area contributed by atoms with Gasteiger partial charge >= 0.3 is 0 Å². The van der Waals surface area contributed by atoms with Gasteiger partial charge < -0.3 is 18.3 Å². The lowest BCUT2D eigenvalue weighted by Crippen LogP contribution is -2.60. The third-order valence-corrected chi connectivity index (χ3v) is 17.3. The van der Waals surface area contributed by atoms with E-state index < -0.39 is 16.6 Å². The van der Waals surface area contributed by atoms with Gasteiger partial charge in [-0.25, -0.2) is 0 Å². The van der Waals surface area contributed by atoms with Gasteiger partial charge in [0.25, 0.3) is 0 Å². The summed E-state index contributed by atoms with van der Waals surface area (Å²) in [6.07, 6.45) is 5.63. The van der Waals surface area contributed by atoms with Gasteiger partial charge in [0.05, 0.1) is 23.9 Å². The first-order chi connectivity index (χ1) is 13.5. The smallest absolute Gasteiger partial charge is 0.192 e. The highest BCUT2D eigenvalue weighted by molar-refractivity contribution is 6.74. The zero-order valence-corrected chi connectivity index (χ0v) is 23.8. The van der Waals surface area contributed by atoms with E-state index in [9.17, 15) is 0 Å². The predicted octanol–water partition coefficient (Wildman–Crippen LogP) is 6.91. The second-order valence-electron chi connectivity index (χ2n) is 12.8. The Balaban J connectivity index is 2.09. The molecule has 2 aliphatic heterocycles. The van der Waals surface area contributed by atoms with Crippen LogP contribution in [0.5, 0.6) is 0 Å². The Morgan fingerprint density at radius 2 is 1.53 bits per heavy atom. The largest absolute Gasteiger partial charge is 0.417 e. The second-order valence-corrected chi connectivity index (χ2v) is 22.4. The molecule has 0 aromatic rings. The monoisotopic (exact) mass is 458 g/mol. The van der Waals surface area contributed by atoms with Crippen molar-refractivity contribution in [3.63, 3.8) is 0 Å². The summed E-state index contributed by atoms with van der Waals surface area (Å²) >= 11 is 0. The van der Waals surface area contributed by atoms with E-state index in [0.717, 1.165) is 45.3 Å². The molecule has 178 valence electrons. The lowest BCUT2D eigenvalue weighted by Gasteiger charge is -2.52. The zero-order chi connectivity index (χ0) is 23.0. The maximum Gasteiger partial charge on any atom is 0.192 e. The highest BCUT2D eigenvalue weighted by Gasteiger charge is 2.51. The first-order valence-electron chi connectivity index (χ1n) is 12.1. The first kappa shape index (κ1) is 26.5. The molecule has 4 nitrogen and oxygen atoms in total. The molecular weight excluding hydrogens is 408 g/mol. The molecule has 2 saturated heterocycles. The van der Waals surface area contributed by atoms with Crippen molar-refractivity contribution in [1.29, 1.82) is 0 Å².